The van der Waals surface area contributed by atoms with Crippen LogP contribution in [0.5, 0.6) is 0 Å². The van der Waals surface area contributed by atoms with Gasteiger partial charge in [0.25, 0.3) is 5.91 Å². The van der Waals surface area contributed by atoms with Crippen LogP contribution in [0.1, 0.15) is 84.2 Å². The first-order valence-electron chi connectivity index (χ1n) is 14.6. The Balaban J connectivity index is 1.19. The zero-order valence-electron chi connectivity index (χ0n) is 23.3. The summed E-state index contributed by atoms with van der Waals surface area (Å²) in [6.45, 7) is -0.00736. The molecule has 0 radical (unpaired) electrons. The SMILES string of the molecule is O=C(NC(c1nc2cc([C@@H](C3COC3)N3C[C@@H](C(F)(F)F)NC3=O)ccc2o1)C1CCC(F)(F)CC1)c1nonc1C1CC1. The lowest BCUT2D eigenvalue weighted by Gasteiger charge is -2.39. The Kier molecular flexibility index (Phi) is 7.01. The van der Waals surface area contributed by atoms with Crippen LogP contribution in [0, 0.1) is 11.8 Å². The summed E-state index contributed by atoms with van der Waals surface area (Å²) in [5, 5.41) is 12.5. The van der Waals surface area contributed by atoms with Gasteiger partial charge in [-0.25, -0.2) is 23.2 Å². The number of benzene rings is 1. The lowest BCUT2D eigenvalue weighted by atomic mass is 9.82. The number of carbonyl (C=O) groups excluding carboxylic acids is 2. The van der Waals surface area contributed by atoms with Gasteiger partial charge in [0, 0.05) is 24.7 Å². The number of urea groups is 1. The molecule has 2 saturated heterocycles. The maximum absolute atomic E-state index is 14.0. The van der Waals surface area contributed by atoms with Crippen LogP contribution in [0.2, 0.25) is 0 Å². The lowest BCUT2D eigenvalue weighted by molar-refractivity contribution is -0.151. The molecule has 2 N–H and O–H groups in total. The average Bonchev–Trinajstić information content (AvgIpc) is 3.33. The summed E-state index contributed by atoms with van der Waals surface area (Å²) >= 11 is 0. The number of nitrogens with one attached hydrogen (secondary N) is 2. The quantitative estimate of drug-likeness (QED) is 0.334. The summed E-state index contributed by atoms with van der Waals surface area (Å²) in [5.74, 6) is -3.85. The third kappa shape index (κ3) is 5.48. The summed E-state index contributed by atoms with van der Waals surface area (Å²) in [5.41, 5.74) is 1.70. The van der Waals surface area contributed by atoms with Gasteiger partial charge in [-0.1, -0.05) is 11.2 Å². The van der Waals surface area contributed by atoms with E-state index < -0.39 is 54.6 Å². The van der Waals surface area contributed by atoms with Crippen LogP contribution in [0.3, 0.4) is 0 Å². The Morgan fingerprint density at radius 1 is 1.09 bits per heavy atom. The van der Waals surface area contributed by atoms with Crippen molar-refractivity contribution in [2.75, 3.05) is 19.8 Å². The number of hydrogen-bond donors (Lipinski definition) is 2. The Labute approximate surface area is 246 Å². The highest BCUT2D eigenvalue weighted by molar-refractivity contribution is 5.93. The number of alkyl halides is 5. The molecule has 16 heteroatoms. The zero-order chi connectivity index (χ0) is 30.8. The van der Waals surface area contributed by atoms with E-state index in [4.69, 9.17) is 13.8 Å². The maximum Gasteiger partial charge on any atom is 0.410 e. The third-order valence-electron chi connectivity index (χ3n) is 9.03. The molecule has 7 rings (SSSR count). The van der Waals surface area contributed by atoms with Gasteiger partial charge in [0.15, 0.2) is 11.3 Å². The number of amides is 3. The molecular weight excluding hydrogens is 595 g/mol. The molecule has 2 aliphatic carbocycles. The second kappa shape index (κ2) is 10.7. The van der Waals surface area contributed by atoms with Crippen molar-refractivity contribution in [3.05, 3.63) is 41.0 Å². The minimum atomic E-state index is -4.60. The van der Waals surface area contributed by atoms with Crippen molar-refractivity contribution in [1.82, 2.24) is 30.8 Å². The molecular formula is C28H29F5N6O5. The summed E-state index contributed by atoms with van der Waals surface area (Å²) in [6.07, 6.45) is -3.37. The predicted octanol–water partition coefficient (Wildman–Crippen LogP) is 5.03. The second-order valence-electron chi connectivity index (χ2n) is 12.1. The number of aromatic nitrogens is 3. The summed E-state index contributed by atoms with van der Waals surface area (Å²) in [7, 11) is 0. The number of fused-ring (bicyclic) bond motifs is 1. The number of ether oxygens (including phenoxy) is 1. The number of halogens is 5. The van der Waals surface area contributed by atoms with Crippen LogP contribution in [0.25, 0.3) is 11.1 Å². The summed E-state index contributed by atoms with van der Waals surface area (Å²) in [6, 6.07) is 0.502. The first-order chi connectivity index (χ1) is 21.0. The molecule has 236 valence electrons. The number of carbonyl (C=O) groups is 2. The molecule has 4 heterocycles. The molecule has 1 unspecified atom stereocenters. The fraction of sp³-hybridized carbons (Fsp3) is 0.607. The molecule has 2 saturated carbocycles. The van der Waals surface area contributed by atoms with Gasteiger partial charge >= 0.3 is 12.2 Å². The van der Waals surface area contributed by atoms with E-state index in [1.54, 1.807) is 18.2 Å². The van der Waals surface area contributed by atoms with Gasteiger partial charge in [-0.05, 0) is 54.5 Å². The maximum atomic E-state index is 14.0. The van der Waals surface area contributed by atoms with Gasteiger partial charge in [0.05, 0.1) is 25.8 Å². The van der Waals surface area contributed by atoms with E-state index in [9.17, 15) is 31.5 Å². The summed E-state index contributed by atoms with van der Waals surface area (Å²) < 4.78 is 84.5. The molecule has 0 spiro atoms. The van der Waals surface area contributed by atoms with Crippen molar-refractivity contribution in [3.8, 4) is 0 Å². The minimum Gasteiger partial charge on any atom is -0.438 e. The largest absolute Gasteiger partial charge is 0.438 e. The zero-order valence-corrected chi connectivity index (χ0v) is 23.3. The number of hydrogen-bond acceptors (Lipinski definition) is 8. The van der Waals surface area contributed by atoms with Crippen molar-refractivity contribution in [2.45, 2.75) is 74.7 Å². The van der Waals surface area contributed by atoms with Crippen LogP contribution >= 0.6 is 0 Å². The first-order valence-corrected chi connectivity index (χ1v) is 14.6. The molecule has 3 amide bonds. The minimum absolute atomic E-state index is 0.0312. The van der Waals surface area contributed by atoms with Gasteiger partial charge < -0.3 is 24.7 Å². The predicted molar refractivity (Wildman–Crippen MR) is 140 cm³/mol. The molecule has 1 aromatic carbocycles. The lowest BCUT2D eigenvalue weighted by Crippen LogP contribution is -2.44. The first kappa shape index (κ1) is 28.9. The highest BCUT2D eigenvalue weighted by Crippen LogP contribution is 2.44. The number of nitrogens with zero attached hydrogens (tertiary/aromatic N) is 4. The van der Waals surface area contributed by atoms with Crippen LogP contribution in [0.15, 0.2) is 27.2 Å². The monoisotopic (exact) mass is 624 g/mol. The Hall–Kier alpha value is -3.82. The normalized spacial score (nSPS) is 24.2. The molecule has 0 bridgehead atoms. The van der Waals surface area contributed by atoms with Crippen molar-refractivity contribution in [1.29, 1.82) is 0 Å². The van der Waals surface area contributed by atoms with Crippen LogP contribution in [-0.2, 0) is 4.74 Å². The summed E-state index contributed by atoms with van der Waals surface area (Å²) in [4.78, 5) is 31.8. The third-order valence-corrected chi connectivity index (χ3v) is 9.03. The Bertz CT molecular complexity index is 1560. The van der Waals surface area contributed by atoms with Gasteiger partial charge in [0.1, 0.15) is 23.3 Å². The molecule has 2 aliphatic heterocycles. The molecule has 44 heavy (non-hydrogen) atoms. The van der Waals surface area contributed by atoms with E-state index in [0.717, 1.165) is 12.8 Å². The van der Waals surface area contributed by atoms with E-state index in [2.05, 4.69) is 20.6 Å². The van der Waals surface area contributed by atoms with Gasteiger partial charge in [0.2, 0.25) is 11.8 Å². The highest BCUT2D eigenvalue weighted by atomic mass is 19.4. The van der Waals surface area contributed by atoms with E-state index in [1.165, 1.54) is 4.90 Å². The van der Waals surface area contributed by atoms with E-state index in [0.29, 0.717) is 22.4 Å². The average molecular weight is 625 g/mol. The smallest absolute Gasteiger partial charge is 0.410 e. The molecule has 4 aliphatic rings. The van der Waals surface area contributed by atoms with E-state index in [-0.39, 0.29) is 62.3 Å². The van der Waals surface area contributed by atoms with Crippen LogP contribution < -0.4 is 10.6 Å². The second-order valence-corrected chi connectivity index (χ2v) is 12.1. The number of rotatable bonds is 8. The molecule has 2 aromatic heterocycles. The molecule has 3 aromatic rings. The van der Waals surface area contributed by atoms with Crippen molar-refractivity contribution in [2.24, 2.45) is 11.8 Å². The number of oxazole rings is 1. The molecule has 11 nitrogen and oxygen atoms in total. The van der Waals surface area contributed by atoms with Gasteiger partial charge in [-0.2, -0.15) is 13.2 Å². The van der Waals surface area contributed by atoms with Crippen LogP contribution in [0.4, 0.5) is 26.7 Å². The van der Waals surface area contributed by atoms with Crippen molar-refractivity contribution in [3.63, 3.8) is 0 Å². The van der Waals surface area contributed by atoms with Crippen molar-refractivity contribution >= 4 is 23.0 Å². The standard InChI is InChI=1S/C28H29F5N6O5/c29-27(30)7-5-14(6-8-27)21(36-24(40)22-20(13-1-2-13)37-44-38-22)25-34-17-9-15(3-4-18(17)43-25)23(16-11-42-12-16)39-10-19(28(31,32)33)35-26(39)41/h3-4,9,13-14,16,19,21,23H,1-2,5-8,10-12H2,(H,35,41)(H,36,40)/t19-,21?,23-/m0/s1. The highest BCUT2D eigenvalue weighted by Gasteiger charge is 2.50. The molecule has 3 atom stereocenters. The fourth-order valence-corrected chi connectivity index (χ4v) is 6.37. The fourth-order valence-electron chi connectivity index (χ4n) is 6.37. The Morgan fingerprint density at radius 2 is 1.84 bits per heavy atom. The van der Waals surface area contributed by atoms with E-state index in [1.807, 2.05) is 5.32 Å². The van der Waals surface area contributed by atoms with Crippen molar-refractivity contribution < 1.29 is 45.3 Å². The van der Waals surface area contributed by atoms with Gasteiger partial charge in [-0.3, -0.25) is 4.79 Å². The van der Waals surface area contributed by atoms with Crippen LogP contribution in [-0.4, -0.2) is 70.0 Å². The molecule has 4 fully saturated rings. The topological polar surface area (TPSA) is 136 Å². The Morgan fingerprint density at radius 3 is 2.48 bits per heavy atom. The van der Waals surface area contributed by atoms with Gasteiger partial charge in [-0.15, -0.1) is 0 Å². The van der Waals surface area contributed by atoms with E-state index >= 15 is 0 Å².